The normalized spacial score (nSPS) is 14.3. The van der Waals surface area contributed by atoms with Crippen molar-refractivity contribution in [2.45, 2.75) is 76.4 Å². The van der Waals surface area contributed by atoms with Gasteiger partial charge in [-0.1, -0.05) is 44.0 Å². The molecule has 0 aliphatic heterocycles. The number of nitrogens with two attached hydrogens (primary N) is 2. The molecular formula is C27H42N6O8S. The lowest BCUT2D eigenvalue weighted by molar-refractivity contribution is -0.139. The van der Waals surface area contributed by atoms with Crippen LogP contribution in [0.5, 0.6) is 0 Å². The third kappa shape index (κ3) is 13.1. The van der Waals surface area contributed by atoms with E-state index in [9.17, 15) is 32.7 Å². The second kappa shape index (κ2) is 17.7. The number of carbonyl (C=O) groups excluding carboxylic acids is 3. The van der Waals surface area contributed by atoms with Crippen molar-refractivity contribution in [1.82, 2.24) is 15.4 Å². The van der Waals surface area contributed by atoms with Gasteiger partial charge >= 0.3 is 11.9 Å². The number of hydrogen-bond donors (Lipinski definition) is 6. The summed E-state index contributed by atoms with van der Waals surface area (Å²) in [5.74, 6) is -4.00. The molecule has 0 fully saturated rings. The van der Waals surface area contributed by atoms with Crippen LogP contribution in [0.25, 0.3) is 0 Å². The number of nitrogens with zero attached hydrogens (tertiary/aromatic N) is 1. The topological polar surface area (TPSA) is 232 Å². The van der Waals surface area contributed by atoms with Gasteiger partial charge in [-0.15, -0.1) is 0 Å². The van der Waals surface area contributed by atoms with Gasteiger partial charge in [0, 0.05) is 12.6 Å². The lowest BCUT2D eigenvalue weighted by Gasteiger charge is -2.27. The number of carboxylic acid groups (broad SMARTS) is 1. The second-order valence-corrected chi connectivity index (χ2v) is 11.3. The van der Waals surface area contributed by atoms with Gasteiger partial charge in [0.05, 0.1) is 24.0 Å². The van der Waals surface area contributed by atoms with Gasteiger partial charge in [0.1, 0.15) is 12.1 Å². The van der Waals surface area contributed by atoms with E-state index in [0.29, 0.717) is 6.42 Å². The van der Waals surface area contributed by atoms with Crippen molar-refractivity contribution in [3.8, 4) is 0 Å². The number of carboxylic acids is 1. The minimum Gasteiger partial charge on any atom is -0.481 e. The molecule has 4 atom stereocenters. The highest BCUT2D eigenvalue weighted by molar-refractivity contribution is 7.89. The summed E-state index contributed by atoms with van der Waals surface area (Å²) < 4.78 is 33.4. The number of carbonyl (C=O) groups is 4. The van der Waals surface area contributed by atoms with Crippen LogP contribution in [0.3, 0.4) is 0 Å². The first-order chi connectivity index (χ1) is 19.7. The van der Waals surface area contributed by atoms with Crippen molar-refractivity contribution in [3.05, 3.63) is 42.0 Å². The first-order valence-electron chi connectivity index (χ1n) is 13.5. The van der Waals surface area contributed by atoms with Crippen LogP contribution in [-0.4, -0.2) is 74.5 Å². The van der Waals surface area contributed by atoms with E-state index in [4.69, 9.17) is 16.2 Å². The first kappa shape index (κ1) is 36.0. The number of amides is 2. The molecule has 234 valence electrons. The molecule has 0 saturated heterocycles. The minimum atomic E-state index is -4.12. The molecule has 1 unspecified atom stereocenters. The Balaban J connectivity index is 3.23. The van der Waals surface area contributed by atoms with Crippen molar-refractivity contribution in [2.24, 2.45) is 22.4 Å². The Labute approximate surface area is 246 Å². The molecule has 0 spiro atoms. The number of aryl methyl sites for hydroxylation is 1. The zero-order valence-corrected chi connectivity index (χ0v) is 25.1. The van der Waals surface area contributed by atoms with Gasteiger partial charge in [-0.05, 0) is 44.7 Å². The number of nitrogens with one attached hydrogen (secondary N) is 3. The summed E-state index contributed by atoms with van der Waals surface area (Å²) in [5, 5.41) is 14.4. The largest absolute Gasteiger partial charge is 0.481 e. The third-order valence-electron chi connectivity index (χ3n) is 6.16. The van der Waals surface area contributed by atoms with E-state index in [-0.39, 0.29) is 36.8 Å². The molecular weight excluding hydrogens is 568 g/mol. The molecule has 14 nitrogen and oxygen atoms in total. The molecule has 15 heteroatoms. The van der Waals surface area contributed by atoms with Crippen molar-refractivity contribution >= 4 is 39.7 Å². The molecule has 8 N–H and O–H groups in total. The summed E-state index contributed by atoms with van der Waals surface area (Å²) in [6.45, 7) is 7.16. The molecule has 1 aromatic rings. The zero-order chi connectivity index (χ0) is 31.9. The molecule has 0 radical (unpaired) electrons. The SMILES string of the molecule is CCOC(=O)/C=C/[C@H](CC(=O)O)NC(=O)[C@H](NC(=O)[C@H](CCCN=C(N)N)NS(=O)(=O)c1ccc(C)cc1)C(C)CC. The van der Waals surface area contributed by atoms with Crippen molar-refractivity contribution in [3.63, 3.8) is 0 Å². The maximum Gasteiger partial charge on any atom is 0.330 e. The predicted octanol–water partition coefficient (Wildman–Crippen LogP) is 0.305. The van der Waals surface area contributed by atoms with Gasteiger partial charge in [0.2, 0.25) is 21.8 Å². The number of esters is 1. The average Bonchev–Trinajstić information content (AvgIpc) is 2.91. The van der Waals surface area contributed by atoms with Crippen LogP contribution in [0.15, 0.2) is 46.3 Å². The average molecular weight is 611 g/mol. The van der Waals surface area contributed by atoms with Crippen LogP contribution in [-0.2, 0) is 33.9 Å². The van der Waals surface area contributed by atoms with Crippen LogP contribution in [0.1, 0.15) is 52.0 Å². The Bertz CT molecular complexity index is 1230. The summed E-state index contributed by atoms with van der Waals surface area (Å²) >= 11 is 0. The van der Waals surface area contributed by atoms with Crippen molar-refractivity contribution < 1.29 is 37.4 Å². The highest BCUT2D eigenvalue weighted by Crippen LogP contribution is 2.14. The Morgan fingerprint density at radius 3 is 2.26 bits per heavy atom. The molecule has 1 rings (SSSR count). The molecule has 0 bridgehead atoms. The first-order valence-corrected chi connectivity index (χ1v) is 15.0. The van der Waals surface area contributed by atoms with Crippen molar-refractivity contribution in [1.29, 1.82) is 0 Å². The fraction of sp³-hybridized carbons (Fsp3) is 0.519. The summed E-state index contributed by atoms with van der Waals surface area (Å²) in [6, 6.07) is 2.54. The van der Waals surface area contributed by atoms with Crippen LogP contribution in [0.2, 0.25) is 0 Å². The van der Waals surface area contributed by atoms with Gasteiger partial charge in [0.25, 0.3) is 0 Å². The number of benzene rings is 1. The van der Waals surface area contributed by atoms with E-state index in [1.54, 1.807) is 39.8 Å². The van der Waals surface area contributed by atoms with E-state index in [1.807, 2.05) is 0 Å². The number of guanidine groups is 1. The van der Waals surface area contributed by atoms with Crippen molar-refractivity contribution in [2.75, 3.05) is 13.2 Å². The molecule has 0 aliphatic carbocycles. The number of rotatable bonds is 18. The smallest absolute Gasteiger partial charge is 0.330 e. The Hall–Kier alpha value is -3.98. The van der Waals surface area contributed by atoms with Gasteiger partial charge in [-0.3, -0.25) is 19.4 Å². The van der Waals surface area contributed by atoms with Crippen LogP contribution in [0, 0.1) is 12.8 Å². The molecule has 1 aromatic carbocycles. The highest BCUT2D eigenvalue weighted by Gasteiger charge is 2.32. The molecule has 2 amide bonds. The predicted molar refractivity (Wildman–Crippen MR) is 157 cm³/mol. The number of hydrogen-bond acceptors (Lipinski definition) is 8. The quantitative estimate of drug-likeness (QED) is 0.0437. The standard InChI is InChI=1S/C27H42N6O8S/c1-5-18(4)24(26(38)31-19(16-22(34)35)11-14-23(36)41-6-2)32-25(37)21(8-7-15-30-27(28)29)33-42(39,40)20-12-9-17(3)10-13-20/h9-14,18-19,21,24,33H,5-8,15-16H2,1-4H3,(H,31,38)(H,32,37)(H,34,35)(H4,28,29,30)/b14-11+/t18?,19-,21+,24-/m1/s1. The second-order valence-electron chi connectivity index (χ2n) is 9.63. The number of aliphatic carboxylic acids is 1. The Kier molecular flexibility index (Phi) is 15.2. The number of ether oxygens (including phenoxy) is 1. The molecule has 0 saturated carbocycles. The fourth-order valence-corrected chi connectivity index (χ4v) is 4.92. The van der Waals surface area contributed by atoms with Crippen LogP contribution in [0.4, 0.5) is 0 Å². The lowest BCUT2D eigenvalue weighted by Crippen LogP contribution is -2.56. The van der Waals surface area contributed by atoms with E-state index in [1.165, 1.54) is 18.2 Å². The molecule has 0 heterocycles. The van der Waals surface area contributed by atoms with Gasteiger partial charge in [-0.2, -0.15) is 4.72 Å². The zero-order valence-electron chi connectivity index (χ0n) is 24.3. The van der Waals surface area contributed by atoms with E-state index < -0.39 is 64.2 Å². The lowest BCUT2D eigenvalue weighted by atomic mass is 9.97. The third-order valence-corrected chi connectivity index (χ3v) is 7.64. The summed E-state index contributed by atoms with van der Waals surface area (Å²) in [6.07, 6.45) is 2.37. The van der Waals surface area contributed by atoms with E-state index in [2.05, 4.69) is 20.3 Å². The number of sulfonamides is 1. The molecule has 0 aromatic heterocycles. The van der Waals surface area contributed by atoms with Gasteiger partial charge in [0.15, 0.2) is 5.96 Å². The van der Waals surface area contributed by atoms with E-state index in [0.717, 1.165) is 11.6 Å². The van der Waals surface area contributed by atoms with Crippen LogP contribution < -0.4 is 26.8 Å². The maximum absolute atomic E-state index is 13.4. The maximum atomic E-state index is 13.4. The summed E-state index contributed by atoms with van der Waals surface area (Å²) in [5.41, 5.74) is 11.6. The highest BCUT2D eigenvalue weighted by atomic mass is 32.2. The summed E-state index contributed by atoms with van der Waals surface area (Å²) in [4.78, 5) is 53.6. The monoisotopic (exact) mass is 610 g/mol. The fourth-order valence-electron chi connectivity index (χ4n) is 3.69. The van der Waals surface area contributed by atoms with Crippen LogP contribution >= 0.6 is 0 Å². The van der Waals surface area contributed by atoms with E-state index >= 15 is 0 Å². The van der Waals surface area contributed by atoms with Gasteiger partial charge in [-0.25, -0.2) is 13.2 Å². The Morgan fingerprint density at radius 2 is 1.71 bits per heavy atom. The summed E-state index contributed by atoms with van der Waals surface area (Å²) in [7, 11) is -4.12. The number of aliphatic imine (C=N–C) groups is 1. The molecule has 42 heavy (non-hydrogen) atoms. The molecule has 0 aliphatic rings. The Morgan fingerprint density at radius 1 is 1.07 bits per heavy atom. The van der Waals surface area contributed by atoms with Gasteiger partial charge < -0.3 is 31.9 Å². The minimum absolute atomic E-state index is 0.00642.